The standard InChI is InChI=1S/C5H8N2O2S.C2H3ClO2/c8-4(9)3-10-5-6-1-2-7-5;3-1-2(4)5/h1-3H2,(H,6,7)(H,8,9);1H2,(H,4,5). The highest BCUT2D eigenvalue weighted by Crippen LogP contribution is 2.03. The second-order valence-electron chi connectivity index (χ2n) is 2.32. The van der Waals surface area contributed by atoms with E-state index in [4.69, 9.17) is 21.8 Å². The van der Waals surface area contributed by atoms with Crippen molar-refractivity contribution in [3.8, 4) is 0 Å². The van der Waals surface area contributed by atoms with Gasteiger partial charge in [-0.3, -0.25) is 14.6 Å². The van der Waals surface area contributed by atoms with Crippen LogP contribution < -0.4 is 5.32 Å². The summed E-state index contributed by atoms with van der Waals surface area (Å²) in [5.41, 5.74) is 0. The van der Waals surface area contributed by atoms with E-state index in [1.54, 1.807) is 0 Å². The summed E-state index contributed by atoms with van der Waals surface area (Å²) in [7, 11) is 0. The number of carboxylic acid groups (broad SMARTS) is 2. The van der Waals surface area contributed by atoms with Crippen LogP contribution in [0.2, 0.25) is 0 Å². The van der Waals surface area contributed by atoms with Gasteiger partial charge in [-0.05, 0) is 0 Å². The van der Waals surface area contributed by atoms with Gasteiger partial charge in [-0.15, -0.1) is 11.6 Å². The highest BCUT2D eigenvalue weighted by atomic mass is 35.5. The molecule has 0 radical (unpaired) electrons. The largest absolute Gasteiger partial charge is 0.481 e. The second-order valence-corrected chi connectivity index (χ2v) is 3.55. The van der Waals surface area contributed by atoms with E-state index in [0.717, 1.165) is 18.3 Å². The molecule has 1 heterocycles. The minimum absolute atomic E-state index is 0.0891. The molecule has 15 heavy (non-hydrogen) atoms. The third-order valence-electron chi connectivity index (χ3n) is 1.09. The first kappa shape index (κ1) is 14.1. The number of carboxylic acids is 2. The highest BCUT2D eigenvalue weighted by Gasteiger charge is 2.06. The lowest BCUT2D eigenvalue weighted by Crippen LogP contribution is -2.16. The number of amidine groups is 1. The van der Waals surface area contributed by atoms with Gasteiger partial charge in [0.2, 0.25) is 0 Å². The van der Waals surface area contributed by atoms with Crippen molar-refractivity contribution in [3.63, 3.8) is 0 Å². The summed E-state index contributed by atoms with van der Waals surface area (Å²) in [5, 5.41) is 19.6. The van der Waals surface area contributed by atoms with E-state index in [2.05, 4.69) is 10.3 Å². The van der Waals surface area contributed by atoms with Gasteiger partial charge >= 0.3 is 11.9 Å². The molecule has 0 aromatic heterocycles. The Hall–Kier alpha value is -0.950. The second kappa shape index (κ2) is 8.37. The summed E-state index contributed by atoms with van der Waals surface area (Å²) in [4.78, 5) is 23.3. The molecule has 86 valence electrons. The van der Waals surface area contributed by atoms with Crippen molar-refractivity contribution in [2.45, 2.75) is 0 Å². The fourth-order valence-electron chi connectivity index (χ4n) is 0.603. The summed E-state index contributed by atoms with van der Waals surface area (Å²) in [6.07, 6.45) is 0. The Balaban J connectivity index is 0.000000336. The molecular weight excluding hydrogens is 244 g/mol. The number of carbonyl (C=O) groups is 2. The molecule has 0 atom stereocenters. The van der Waals surface area contributed by atoms with E-state index in [9.17, 15) is 9.59 Å². The van der Waals surface area contributed by atoms with Gasteiger partial charge in [0.1, 0.15) is 5.88 Å². The topological polar surface area (TPSA) is 99.0 Å². The van der Waals surface area contributed by atoms with E-state index in [1.165, 1.54) is 11.8 Å². The normalized spacial score (nSPS) is 13.3. The molecule has 0 aliphatic carbocycles. The zero-order valence-electron chi connectivity index (χ0n) is 7.77. The van der Waals surface area contributed by atoms with Crippen LogP contribution in [0.1, 0.15) is 0 Å². The molecule has 1 rings (SSSR count). The minimum Gasteiger partial charge on any atom is -0.481 e. The van der Waals surface area contributed by atoms with Gasteiger partial charge in [-0.25, -0.2) is 0 Å². The highest BCUT2D eigenvalue weighted by molar-refractivity contribution is 8.14. The molecule has 0 amide bonds. The quantitative estimate of drug-likeness (QED) is 0.617. The van der Waals surface area contributed by atoms with Crippen LogP contribution in [0, 0.1) is 0 Å². The van der Waals surface area contributed by atoms with Crippen molar-refractivity contribution in [3.05, 3.63) is 0 Å². The Morgan fingerprint density at radius 3 is 2.40 bits per heavy atom. The molecule has 0 aromatic carbocycles. The molecule has 0 spiro atoms. The van der Waals surface area contributed by atoms with Crippen molar-refractivity contribution in [1.82, 2.24) is 5.32 Å². The van der Waals surface area contributed by atoms with Gasteiger partial charge in [0, 0.05) is 6.54 Å². The molecule has 0 aromatic rings. The molecule has 0 bridgehead atoms. The van der Waals surface area contributed by atoms with Crippen LogP contribution >= 0.6 is 23.4 Å². The lowest BCUT2D eigenvalue weighted by Gasteiger charge is -1.96. The third-order valence-corrected chi connectivity index (χ3v) is 2.26. The maximum atomic E-state index is 10.1. The number of hydrogen-bond donors (Lipinski definition) is 3. The number of nitrogens with zero attached hydrogens (tertiary/aromatic N) is 1. The molecule has 0 saturated heterocycles. The molecule has 1 aliphatic heterocycles. The molecule has 0 unspecified atom stereocenters. The van der Waals surface area contributed by atoms with E-state index in [0.29, 0.717) is 0 Å². The van der Waals surface area contributed by atoms with Crippen molar-refractivity contribution >= 4 is 40.5 Å². The number of aliphatic imine (C=N–C) groups is 1. The van der Waals surface area contributed by atoms with Crippen LogP contribution in [-0.2, 0) is 9.59 Å². The zero-order chi connectivity index (χ0) is 11.7. The maximum Gasteiger partial charge on any atom is 0.318 e. The Morgan fingerprint density at radius 2 is 2.07 bits per heavy atom. The summed E-state index contributed by atoms with van der Waals surface area (Å²) < 4.78 is 0. The molecule has 3 N–H and O–H groups in total. The number of rotatable bonds is 3. The van der Waals surface area contributed by atoms with Crippen LogP contribution in [0.25, 0.3) is 0 Å². The number of nitrogens with one attached hydrogen (secondary N) is 1. The molecule has 1 aliphatic rings. The smallest absolute Gasteiger partial charge is 0.318 e. The van der Waals surface area contributed by atoms with E-state index in [1.807, 2.05) is 0 Å². The molecule has 0 saturated carbocycles. The van der Waals surface area contributed by atoms with Crippen LogP contribution in [0.3, 0.4) is 0 Å². The average Bonchev–Trinajstić information content (AvgIpc) is 2.68. The van der Waals surface area contributed by atoms with Gasteiger partial charge < -0.3 is 15.5 Å². The monoisotopic (exact) mass is 254 g/mol. The number of thioether (sulfide) groups is 1. The lowest BCUT2D eigenvalue weighted by atomic mass is 10.7. The van der Waals surface area contributed by atoms with Crippen molar-refractivity contribution < 1.29 is 19.8 Å². The van der Waals surface area contributed by atoms with Crippen LogP contribution in [0.4, 0.5) is 0 Å². The van der Waals surface area contributed by atoms with Gasteiger partial charge in [-0.1, -0.05) is 11.8 Å². The third kappa shape index (κ3) is 9.36. The fraction of sp³-hybridized carbons (Fsp3) is 0.571. The van der Waals surface area contributed by atoms with E-state index >= 15 is 0 Å². The number of aliphatic carboxylic acids is 2. The van der Waals surface area contributed by atoms with Gasteiger partial charge in [0.25, 0.3) is 0 Å². The van der Waals surface area contributed by atoms with Gasteiger partial charge in [-0.2, -0.15) is 0 Å². The van der Waals surface area contributed by atoms with E-state index in [-0.39, 0.29) is 11.6 Å². The first-order valence-corrected chi connectivity index (χ1v) is 5.49. The molecular formula is C7H11ClN2O4S. The predicted molar refractivity (Wildman–Crippen MR) is 58.8 cm³/mol. The number of alkyl halides is 1. The Bertz CT molecular complexity index is 259. The van der Waals surface area contributed by atoms with Crippen LogP contribution in [-0.4, -0.2) is 52.0 Å². The maximum absolute atomic E-state index is 10.1. The summed E-state index contributed by atoms with van der Waals surface area (Å²) in [6, 6.07) is 0. The Morgan fingerprint density at radius 1 is 1.47 bits per heavy atom. The summed E-state index contributed by atoms with van der Waals surface area (Å²) in [5.74, 6) is -2.00. The lowest BCUT2D eigenvalue weighted by molar-refractivity contribution is -0.135. The first-order chi connectivity index (χ1) is 7.06. The molecule has 8 heteroatoms. The van der Waals surface area contributed by atoms with Crippen LogP contribution in [0.15, 0.2) is 4.99 Å². The summed E-state index contributed by atoms with van der Waals surface area (Å²) >= 11 is 5.97. The van der Waals surface area contributed by atoms with Crippen molar-refractivity contribution in [2.75, 3.05) is 24.7 Å². The summed E-state index contributed by atoms with van der Waals surface area (Å²) in [6.45, 7) is 1.60. The number of halogens is 1. The van der Waals surface area contributed by atoms with E-state index < -0.39 is 11.9 Å². The Labute approximate surface area is 95.7 Å². The Kier molecular flexibility index (Phi) is 7.84. The fourth-order valence-corrected chi connectivity index (χ4v) is 1.25. The predicted octanol–water partition coefficient (Wildman–Crippen LogP) is 0.0732. The average molecular weight is 255 g/mol. The first-order valence-electron chi connectivity index (χ1n) is 3.97. The van der Waals surface area contributed by atoms with Crippen molar-refractivity contribution in [2.24, 2.45) is 4.99 Å². The van der Waals surface area contributed by atoms with Gasteiger partial charge in [0.15, 0.2) is 5.17 Å². The van der Waals surface area contributed by atoms with Gasteiger partial charge in [0.05, 0.1) is 12.3 Å². The molecule has 6 nitrogen and oxygen atoms in total. The zero-order valence-corrected chi connectivity index (χ0v) is 9.35. The van der Waals surface area contributed by atoms with Crippen molar-refractivity contribution in [1.29, 1.82) is 0 Å². The number of hydrogen-bond acceptors (Lipinski definition) is 5. The SMILES string of the molecule is O=C(O)CCl.O=C(O)CSC1=NCCN1. The minimum atomic E-state index is -0.980. The molecule has 0 fully saturated rings. The van der Waals surface area contributed by atoms with Crippen LogP contribution in [0.5, 0.6) is 0 Å².